The lowest BCUT2D eigenvalue weighted by Gasteiger charge is -2.06. The van der Waals surface area contributed by atoms with Gasteiger partial charge in [0.2, 0.25) is 0 Å². The summed E-state index contributed by atoms with van der Waals surface area (Å²) < 4.78 is 15.8. The van der Waals surface area contributed by atoms with Gasteiger partial charge in [0.25, 0.3) is 0 Å². The number of ether oxygens (including phenoxy) is 3. The highest BCUT2D eigenvalue weighted by Crippen LogP contribution is 2.17. The van der Waals surface area contributed by atoms with Crippen molar-refractivity contribution in [3.8, 4) is 17.2 Å². The van der Waals surface area contributed by atoms with Crippen molar-refractivity contribution in [1.29, 1.82) is 0 Å². The normalized spacial score (nSPS) is 10.4. The summed E-state index contributed by atoms with van der Waals surface area (Å²) in [5, 5.41) is 6.22. The molecular weight excluding hydrogens is 438 g/mol. The fourth-order valence-electron chi connectivity index (χ4n) is 2.75. The van der Waals surface area contributed by atoms with Gasteiger partial charge < -0.3 is 19.5 Å². The minimum atomic E-state index is -0.931. The molecule has 9 heteroatoms. The molecule has 34 heavy (non-hydrogen) atoms. The van der Waals surface area contributed by atoms with E-state index in [9.17, 15) is 14.4 Å². The first kappa shape index (κ1) is 24.0. The standard InChI is InChI=1S/C25H23N3O6/c1-3-33-20-13-9-18(10-14-20)25(31)34-21-11-7-17(8-12-21)16-26-28-24(30)23(29)27-19-5-4-6-22(15-19)32-2/h4-16H,3H2,1-2H3,(H,27,29)(H,28,30). The van der Waals surface area contributed by atoms with E-state index in [4.69, 9.17) is 14.2 Å². The Morgan fingerprint density at radius 2 is 1.59 bits per heavy atom. The Morgan fingerprint density at radius 3 is 2.26 bits per heavy atom. The number of benzene rings is 3. The summed E-state index contributed by atoms with van der Waals surface area (Å²) in [7, 11) is 1.50. The second-order valence-corrected chi connectivity index (χ2v) is 6.80. The molecular formula is C25H23N3O6. The van der Waals surface area contributed by atoms with E-state index in [1.54, 1.807) is 72.8 Å². The van der Waals surface area contributed by atoms with Crippen molar-refractivity contribution in [3.05, 3.63) is 83.9 Å². The van der Waals surface area contributed by atoms with Gasteiger partial charge in [0, 0.05) is 11.8 Å². The van der Waals surface area contributed by atoms with Gasteiger partial charge in [-0.05, 0) is 73.2 Å². The Balaban J connectivity index is 1.49. The lowest BCUT2D eigenvalue weighted by molar-refractivity contribution is -0.136. The molecule has 0 saturated heterocycles. The largest absolute Gasteiger partial charge is 0.497 e. The highest BCUT2D eigenvalue weighted by Gasteiger charge is 2.13. The molecule has 0 heterocycles. The molecule has 3 aromatic rings. The predicted octanol–water partition coefficient (Wildman–Crippen LogP) is 3.40. The molecule has 0 fully saturated rings. The van der Waals surface area contributed by atoms with Crippen LogP contribution in [0.1, 0.15) is 22.8 Å². The number of carbonyl (C=O) groups is 3. The van der Waals surface area contributed by atoms with E-state index in [1.165, 1.54) is 13.3 Å². The molecule has 0 aliphatic carbocycles. The molecule has 174 valence electrons. The second-order valence-electron chi connectivity index (χ2n) is 6.80. The summed E-state index contributed by atoms with van der Waals surface area (Å²) in [6.45, 7) is 2.42. The van der Waals surface area contributed by atoms with Gasteiger partial charge in [0.05, 0.1) is 25.5 Å². The third-order valence-corrected chi connectivity index (χ3v) is 4.41. The van der Waals surface area contributed by atoms with Crippen LogP contribution in [-0.4, -0.2) is 37.7 Å². The van der Waals surface area contributed by atoms with Crippen molar-refractivity contribution >= 4 is 29.7 Å². The molecule has 0 saturated carbocycles. The van der Waals surface area contributed by atoms with Crippen molar-refractivity contribution in [2.75, 3.05) is 19.0 Å². The second kappa shape index (κ2) is 11.8. The first-order valence-corrected chi connectivity index (χ1v) is 10.3. The third-order valence-electron chi connectivity index (χ3n) is 4.41. The number of anilines is 1. The van der Waals surface area contributed by atoms with E-state index in [1.807, 2.05) is 6.92 Å². The molecule has 3 rings (SSSR count). The Labute approximate surface area is 196 Å². The quantitative estimate of drug-likeness (QED) is 0.175. The number of nitrogens with one attached hydrogen (secondary N) is 2. The molecule has 9 nitrogen and oxygen atoms in total. The van der Waals surface area contributed by atoms with E-state index >= 15 is 0 Å². The predicted molar refractivity (Wildman–Crippen MR) is 126 cm³/mol. The van der Waals surface area contributed by atoms with Gasteiger partial charge in [-0.25, -0.2) is 10.2 Å². The highest BCUT2D eigenvalue weighted by atomic mass is 16.5. The van der Waals surface area contributed by atoms with Crippen molar-refractivity contribution in [2.45, 2.75) is 6.92 Å². The fraction of sp³-hybridized carbons (Fsp3) is 0.120. The Hall–Kier alpha value is -4.66. The maximum atomic E-state index is 12.3. The number of esters is 1. The van der Waals surface area contributed by atoms with Gasteiger partial charge in [-0.1, -0.05) is 6.07 Å². The monoisotopic (exact) mass is 461 g/mol. The van der Waals surface area contributed by atoms with Crippen LogP contribution in [-0.2, 0) is 9.59 Å². The van der Waals surface area contributed by atoms with Crippen molar-refractivity contribution < 1.29 is 28.6 Å². The van der Waals surface area contributed by atoms with Crippen molar-refractivity contribution in [2.24, 2.45) is 5.10 Å². The molecule has 0 atom stereocenters. The zero-order chi connectivity index (χ0) is 24.3. The minimum Gasteiger partial charge on any atom is -0.497 e. The summed E-state index contributed by atoms with van der Waals surface area (Å²) in [5.41, 5.74) is 3.58. The molecule has 0 aromatic heterocycles. The molecule has 2 amide bonds. The van der Waals surface area contributed by atoms with Gasteiger partial charge >= 0.3 is 17.8 Å². The highest BCUT2D eigenvalue weighted by molar-refractivity contribution is 6.39. The van der Waals surface area contributed by atoms with Crippen LogP contribution in [0.2, 0.25) is 0 Å². The summed E-state index contributed by atoms with van der Waals surface area (Å²) >= 11 is 0. The first-order chi connectivity index (χ1) is 16.5. The molecule has 0 radical (unpaired) electrons. The minimum absolute atomic E-state index is 0.345. The zero-order valence-corrected chi connectivity index (χ0v) is 18.6. The number of nitrogens with zero attached hydrogens (tertiary/aromatic N) is 1. The number of methoxy groups -OCH3 is 1. The number of amides is 2. The lowest BCUT2D eigenvalue weighted by Crippen LogP contribution is -2.32. The molecule has 3 aromatic carbocycles. The zero-order valence-electron chi connectivity index (χ0n) is 18.6. The van der Waals surface area contributed by atoms with Gasteiger partial charge in [-0.15, -0.1) is 0 Å². The van der Waals surface area contributed by atoms with E-state index in [-0.39, 0.29) is 0 Å². The lowest BCUT2D eigenvalue weighted by atomic mass is 10.2. The summed E-state index contributed by atoms with van der Waals surface area (Å²) in [6, 6.07) is 19.7. The smallest absolute Gasteiger partial charge is 0.343 e. The fourth-order valence-corrected chi connectivity index (χ4v) is 2.75. The van der Waals surface area contributed by atoms with Crippen LogP contribution >= 0.6 is 0 Å². The third kappa shape index (κ3) is 6.92. The van der Waals surface area contributed by atoms with E-state index in [2.05, 4.69) is 15.8 Å². The van der Waals surface area contributed by atoms with Crippen LogP contribution in [0.25, 0.3) is 0 Å². The van der Waals surface area contributed by atoms with Crippen LogP contribution in [0.4, 0.5) is 5.69 Å². The summed E-state index contributed by atoms with van der Waals surface area (Å²) in [4.78, 5) is 36.2. The number of hydrogen-bond donors (Lipinski definition) is 2. The Morgan fingerprint density at radius 1 is 0.882 bits per heavy atom. The molecule has 0 spiro atoms. The van der Waals surface area contributed by atoms with Crippen molar-refractivity contribution in [3.63, 3.8) is 0 Å². The van der Waals surface area contributed by atoms with Crippen molar-refractivity contribution in [1.82, 2.24) is 5.43 Å². The van der Waals surface area contributed by atoms with E-state index in [0.717, 1.165) is 0 Å². The maximum Gasteiger partial charge on any atom is 0.343 e. The van der Waals surface area contributed by atoms with Crippen LogP contribution in [0.5, 0.6) is 17.2 Å². The van der Waals surface area contributed by atoms with Crippen LogP contribution in [0.15, 0.2) is 77.9 Å². The Kier molecular flexibility index (Phi) is 8.34. The van der Waals surface area contributed by atoms with Gasteiger partial charge in [0.15, 0.2) is 0 Å². The van der Waals surface area contributed by atoms with Gasteiger partial charge in [-0.3, -0.25) is 9.59 Å². The first-order valence-electron chi connectivity index (χ1n) is 10.3. The average Bonchev–Trinajstić information content (AvgIpc) is 2.85. The molecule has 0 bridgehead atoms. The number of rotatable bonds is 8. The van der Waals surface area contributed by atoms with Gasteiger partial charge in [0.1, 0.15) is 17.2 Å². The SMILES string of the molecule is CCOc1ccc(C(=O)Oc2ccc(C=NNC(=O)C(=O)Nc3cccc(OC)c3)cc2)cc1. The molecule has 0 aliphatic heterocycles. The average molecular weight is 461 g/mol. The maximum absolute atomic E-state index is 12.3. The summed E-state index contributed by atoms with van der Waals surface area (Å²) in [5.74, 6) is -0.740. The van der Waals surface area contributed by atoms with Crippen LogP contribution in [0, 0.1) is 0 Å². The molecule has 0 aliphatic rings. The topological polar surface area (TPSA) is 115 Å². The number of hydrazone groups is 1. The van der Waals surface area contributed by atoms with Gasteiger partial charge in [-0.2, -0.15) is 5.10 Å². The van der Waals surface area contributed by atoms with E-state index < -0.39 is 17.8 Å². The Bertz CT molecular complexity index is 1170. The number of carbonyl (C=O) groups excluding carboxylic acids is 3. The van der Waals surface area contributed by atoms with E-state index in [0.29, 0.717) is 40.7 Å². The summed E-state index contributed by atoms with van der Waals surface area (Å²) in [6.07, 6.45) is 1.36. The molecule has 0 unspecified atom stereocenters. The van der Waals surface area contributed by atoms with Crippen LogP contribution < -0.4 is 25.0 Å². The number of hydrogen-bond acceptors (Lipinski definition) is 7. The molecule has 2 N–H and O–H groups in total. The van der Waals surface area contributed by atoms with Crippen LogP contribution in [0.3, 0.4) is 0 Å².